The first-order chi connectivity index (χ1) is 8.21. The molecule has 2 fully saturated rings. The van der Waals surface area contributed by atoms with E-state index in [-0.39, 0.29) is 12.1 Å². The summed E-state index contributed by atoms with van der Waals surface area (Å²) in [7, 11) is 0. The number of carbonyl (C=O) groups excluding carboxylic acids is 1. The number of nitrogens with one attached hydrogen (secondary N) is 1. The standard InChI is InChI=1S/C14H25NO2/c1-14(10-6-7-11-15-14)13(16)17-12-8-4-2-3-5-9-12/h12,15H,2-11H2,1H3. The predicted molar refractivity (Wildman–Crippen MR) is 67.8 cm³/mol. The number of piperidine rings is 1. The Kier molecular flexibility index (Phi) is 4.43. The number of ether oxygens (including phenoxy) is 1. The highest BCUT2D eigenvalue weighted by atomic mass is 16.5. The van der Waals surface area contributed by atoms with Gasteiger partial charge in [0.15, 0.2) is 0 Å². The van der Waals surface area contributed by atoms with Crippen LogP contribution in [-0.2, 0) is 9.53 Å². The molecule has 0 bridgehead atoms. The average molecular weight is 239 g/mol. The van der Waals surface area contributed by atoms with E-state index in [1.54, 1.807) is 0 Å². The molecule has 0 amide bonds. The Morgan fingerprint density at radius 3 is 2.41 bits per heavy atom. The van der Waals surface area contributed by atoms with E-state index in [2.05, 4.69) is 5.32 Å². The Morgan fingerprint density at radius 1 is 1.12 bits per heavy atom. The van der Waals surface area contributed by atoms with Crippen molar-refractivity contribution < 1.29 is 9.53 Å². The molecule has 1 aliphatic heterocycles. The maximum atomic E-state index is 12.2. The van der Waals surface area contributed by atoms with Crippen molar-refractivity contribution in [3.8, 4) is 0 Å². The smallest absolute Gasteiger partial charge is 0.326 e. The highest BCUT2D eigenvalue weighted by molar-refractivity contribution is 5.80. The van der Waals surface area contributed by atoms with Crippen LogP contribution < -0.4 is 5.32 Å². The minimum atomic E-state index is -0.426. The maximum Gasteiger partial charge on any atom is 0.326 e. The van der Waals surface area contributed by atoms with Gasteiger partial charge in [0.25, 0.3) is 0 Å². The molecule has 2 rings (SSSR count). The van der Waals surface area contributed by atoms with Gasteiger partial charge in [-0.1, -0.05) is 12.8 Å². The van der Waals surface area contributed by atoms with E-state index < -0.39 is 5.54 Å². The van der Waals surface area contributed by atoms with Gasteiger partial charge in [0.1, 0.15) is 11.6 Å². The monoisotopic (exact) mass is 239 g/mol. The van der Waals surface area contributed by atoms with E-state index in [1.807, 2.05) is 6.92 Å². The first-order valence-electron chi connectivity index (χ1n) is 7.17. The number of hydrogen-bond donors (Lipinski definition) is 1. The number of esters is 1. The third-order valence-electron chi connectivity index (χ3n) is 4.15. The van der Waals surface area contributed by atoms with Crippen LogP contribution in [0.3, 0.4) is 0 Å². The van der Waals surface area contributed by atoms with Gasteiger partial charge < -0.3 is 10.1 Å². The van der Waals surface area contributed by atoms with Crippen molar-refractivity contribution in [1.29, 1.82) is 0 Å². The van der Waals surface area contributed by atoms with Crippen LogP contribution in [0.15, 0.2) is 0 Å². The van der Waals surface area contributed by atoms with Gasteiger partial charge in [-0.25, -0.2) is 0 Å². The van der Waals surface area contributed by atoms with Gasteiger partial charge >= 0.3 is 5.97 Å². The van der Waals surface area contributed by atoms with Crippen LogP contribution >= 0.6 is 0 Å². The first-order valence-corrected chi connectivity index (χ1v) is 7.17. The van der Waals surface area contributed by atoms with Gasteiger partial charge in [-0.3, -0.25) is 4.79 Å². The topological polar surface area (TPSA) is 38.3 Å². The maximum absolute atomic E-state index is 12.2. The molecule has 98 valence electrons. The molecule has 0 spiro atoms. The second kappa shape index (κ2) is 5.85. The van der Waals surface area contributed by atoms with Gasteiger partial charge in [-0.15, -0.1) is 0 Å². The molecule has 0 radical (unpaired) electrons. The van der Waals surface area contributed by atoms with Gasteiger partial charge in [-0.05, 0) is 58.4 Å². The second-order valence-electron chi connectivity index (χ2n) is 5.73. The lowest BCUT2D eigenvalue weighted by Gasteiger charge is -2.33. The lowest BCUT2D eigenvalue weighted by molar-refractivity contribution is -0.158. The highest BCUT2D eigenvalue weighted by Crippen LogP contribution is 2.24. The molecule has 1 saturated heterocycles. The van der Waals surface area contributed by atoms with E-state index in [0.29, 0.717) is 0 Å². The predicted octanol–water partition coefficient (Wildman–Crippen LogP) is 2.78. The number of hydrogen-bond acceptors (Lipinski definition) is 3. The fraction of sp³-hybridized carbons (Fsp3) is 0.929. The second-order valence-corrected chi connectivity index (χ2v) is 5.73. The van der Waals surface area contributed by atoms with Crippen molar-refractivity contribution in [1.82, 2.24) is 5.32 Å². The fourth-order valence-electron chi connectivity index (χ4n) is 2.87. The first kappa shape index (κ1) is 12.9. The molecule has 0 aromatic rings. The van der Waals surface area contributed by atoms with Crippen LogP contribution in [0.4, 0.5) is 0 Å². The summed E-state index contributed by atoms with van der Waals surface area (Å²) in [6, 6.07) is 0. The normalized spacial score (nSPS) is 31.8. The fourth-order valence-corrected chi connectivity index (χ4v) is 2.87. The molecule has 1 N–H and O–H groups in total. The quantitative estimate of drug-likeness (QED) is 0.595. The Morgan fingerprint density at radius 2 is 1.82 bits per heavy atom. The Bertz CT molecular complexity index is 251. The molecule has 3 heteroatoms. The minimum Gasteiger partial charge on any atom is -0.461 e. The molecule has 1 unspecified atom stereocenters. The van der Waals surface area contributed by atoms with Crippen LogP contribution in [0.25, 0.3) is 0 Å². The molecule has 1 atom stereocenters. The van der Waals surface area contributed by atoms with Crippen molar-refractivity contribution in [3.63, 3.8) is 0 Å². The average Bonchev–Trinajstić information content (AvgIpc) is 2.58. The van der Waals surface area contributed by atoms with E-state index in [4.69, 9.17) is 4.74 Å². The summed E-state index contributed by atoms with van der Waals surface area (Å²) in [5.41, 5.74) is -0.426. The minimum absolute atomic E-state index is 0.0240. The van der Waals surface area contributed by atoms with Gasteiger partial charge in [0.05, 0.1) is 0 Å². The van der Waals surface area contributed by atoms with Crippen LogP contribution in [0.5, 0.6) is 0 Å². The van der Waals surface area contributed by atoms with Crippen LogP contribution in [0.1, 0.15) is 64.7 Å². The molecular weight excluding hydrogens is 214 g/mol. The van der Waals surface area contributed by atoms with Gasteiger partial charge in [0.2, 0.25) is 0 Å². The zero-order chi connectivity index (χ0) is 12.1. The zero-order valence-electron chi connectivity index (χ0n) is 11.0. The lowest BCUT2D eigenvalue weighted by Crippen LogP contribution is -2.53. The summed E-state index contributed by atoms with van der Waals surface area (Å²) in [5, 5.41) is 3.33. The van der Waals surface area contributed by atoms with Crippen LogP contribution in [0.2, 0.25) is 0 Å². The summed E-state index contributed by atoms with van der Waals surface area (Å²) >= 11 is 0. The number of carbonyl (C=O) groups is 1. The Labute approximate surface area is 104 Å². The molecule has 2 aliphatic rings. The van der Waals surface area contributed by atoms with Crippen LogP contribution in [0, 0.1) is 0 Å². The van der Waals surface area contributed by atoms with Crippen molar-refractivity contribution in [3.05, 3.63) is 0 Å². The van der Waals surface area contributed by atoms with Crippen LogP contribution in [-0.4, -0.2) is 24.2 Å². The Balaban J connectivity index is 1.86. The third kappa shape index (κ3) is 3.44. The molecule has 1 aliphatic carbocycles. The molecular formula is C14H25NO2. The molecule has 1 heterocycles. The molecule has 0 aromatic heterocycles. The van der Waals surface area contributed by atoms with Gasteiger partial charge in [0, 0.05) is 0 Å². The molecule has 3 nitrogen and oxygen atoms in total. The summed E-state index contributed by atoms with van der Waals surface area (Å²) in [6.45, 7) is 2.93. The van der Waals surface area contributed by atoms with E-state index in [9.17, 15) is 4.79 Å². The largest absolute Gasteiger partial charge is 0.461 e. The van der Waals surface area contributed by atoms with E-state index in [0.717, 1.165) is 32.2 Å². The molecule has 1 saturated carbocycles. The zero-order valence-corrected chi connectivity index (χ0v) is 11.0. The van der Waals surface area contributed by atoms with Crippen molar-refractivity contribution in [2.45, 2.75) is 76.4 Å². The summed E-state index contributed by atoms with van der Waals surface area (Å²) in [6.07, 6.45) is 10.5. The van der Waals surface area contributed by atoms with E-state index >= 15 is 0 Å². The SMILES string of the molecule is CC1(C(=O)OC2CCCCCC2)CCCCN1. The molecule has 0 aromatic carbocycles. The summed E-state index contributed by atoms with van der Waals surface area (Å²) < 4.78 is 5.71. The van der Waals surface area contributed by atoms with Crippen molar-refractivity contribution in [2.24, 2.45) is 0 Å². The lowest BCUT2D eigenvalue weighted by atomic mass is 9.91. The Hall–Kier alpha value is -0.570. The van der Waals surface area contributed by atoms with Crippen molar-refractivity contribution in [2.75, 3.05) is 6.54 Å². The third-order valence-corrected chi connectivity index (χ3v) is 4.15. The van der Waals surface area contributed by atoms with Crippen molar-refractivity contribution >= 4 is 5.97 Å². The van der Waals surface area contributed by atoms with Gasteiger partial charge in [-0.2, -0.15) is 0 Å². The summed E-state index contributed by atoms with van der Waals surface area (Å²) in [5.74, 6) is -0.0240. The highest BCUT2D eigenvalue weighted by Gasteiger charge is 2.37. The summed E-state index contributed by atoms with van der Waals surface area (Å²) in [4.78, 5) is 12.2. The van der Waals surface area contributed by atoms with E-state index in [1.165, 1.54) is 32.1 Å². The molecule has 17 heavy (non-hydrogen) atoms. The number of rotatable bonds is 2.